The molecule has 110 valence electrons. The standard InChI is InChI=1S/C17H20N2O2/c18-11-10-13-6-8-15(9-7-13)17(21)19-16(12-20)14-4-2-1-3-5-14/h1-9,16,20H,10-12,18H2,(H,19,21)/t16-/m0/s1. The van der Waals surface area contributed by atoms with Crippen LogP contribution in [0.5, 0.6) is 0 Å². The Morgan fingerprint density at radius 1 is 1.10 bits per heavy atom. The second kappa shape index (κ2) is 7.57. The average molecular weight is 284 g/mol. The number of hydrogen-bond acceptors (Lipinski definition) is 3. The lowest BCUT2D eigenvalue weighted by atomic mass is 10.1. The molecular formula is C17H20N2O2. The van der Waals surface area contributed by atoms with Gasteiger partial charge in [0.05, 0.1) is 12.6 Å². The third-order valence-corrected chi connectivity index (χ3v) is 3.34. The molecule has 0 fully saturated rings. The van der Waals surface area contributed by atoms with E-state index >= 15 is 0 Å². The van der Waals surface area contributed by atoms with Crippen molar-refractivity contribution in [3.8, 4) is 0 Å². The maximum absolute atomic E-state index is 12.2. The number of nitrogens with two attached hydrogens (primary N) is 1. The van der Waals surface area contributed by atoms with Crippen molar-refractivity contribution in [1.29, 1.82) is 0 Å². The van der Waals surface area contributed by atoms with Crippen molar-refractivity contribution in [2.75, 3.05) is 13.2 Å². The van der Waals surface area contributed by atoms with Gasteiger partial charge in [-0.25, -0.2) is 0 Å². The fraction of sp³-hybridized carbons (Fsp3) is 0.235. The van der Waals surface area contributed by atoms with E-state index in [2.05, 4.69) is 5.32 Å². The summed E-state index contributed by atoms with van der Waals surface area (Å²) in [7, 11) is 0. The lowest BCUT2D eigenvalue weighted by Gasteiger charge is -2.16. The van der Waals surface area contributed by atoms with E-state index in [-0.39, 0.29) is 12.5 Å². The maximum Gasteiger partial charge on any atom is 0.251 e. The zero-order valence-electron chi connectivity index (χ0n) is 11.8. The molecular weight excluding hydrogens is 264 g/mol. The Bertz CT molecular complexity index is 567. The molecule has 4 nitrogen and oxygen atoms in total. The molecule has 0 spiro atoms. The quantitative estimate of drug-likeness (QED) is 0.755. The molecule has 2 aromatic carbocycles. The van der Waals surface area contributed by atoms with Gasteiger partial charge in [-0.3, -0.25) is 4.79 Å². The molecule has 1 atom stereocenters. The SMILES string of the molecule is NCCc1ccc(C(=O)N[C@@H](CO)c2ccccc2)cc1. The summed E-state index contributed by atoms with van der Waals surface area (Å²) in [5.41, 5.74) is 8.06. The van der Waals surface area contributed by atoms with Crippen LogP contribution in [0.15, 0.2) is 54.6 Å². The molecule has 21 heavy (non-hydrogen) atoms. The summed E-state index contributed by atoms with van der Waals surface area (Å²) in [4.78, 5) is 12.2. The Morgan fingerprint density at radius 2 is 1.76 bits per heavy atom. The highest BCUT2D eigenvalue weighted by atomic mass is 16.3. The zero-order chi connectivity index (χ0) is 15.1. The number of rotatable bonds is 6. The molecule has 0 aliphatic heterocycles. The van der Waals surface area contributed by atoms with Gasteiger partial charge in [-0.05, 0) is 36.2 Å². The number of aliphatic hydroxyl groups is 1. The Labute approximate surface area is 124 Å². The van der Waals surface area contributed by atoms with Crippen LogP contribution in [0.3, 0.4) is 0 Å². The van der Waals surface area contributed by atoms with Gasteiger partial charge in [-0.1, -0.05) is 42.5 Å². The van der Waals surface area contributed by atoms with Crippen molar-refractivity contribution in [2.45, 2.75) is 12.5 Å². The van der Waals surface area contributed by atoms with Gasteiger partial charge in [0.15, 0.2) is 0 Å². The van der Waals surface area contributed by atoms with Gasteiger partial charge in [-0.15, -0.1) is 0 Å². The lowest BCUT2D eigenvalue weighted by Crippen LogP contribution is -2.30. The van der Waals surface area contributed by atoms with Gasteiger partial charge in [0.25, 0.3) is 5.91 Å². The van der Waals surface area contributed by atoms with Crippen LogP contribution in [0.1, 0.15) is 27.5 Å². The van der Waals surface area contributed by atoms with E-state index in [4.69, 9.17) is 5.73 Å². The number of amides is 1. The van der Waals surface area contributed by atoms with Crippen LogP contribution in [0.4, 0.5) is 0 Å². The van der Waals surface area contributed by atoms with E-state index in [0.717, 1.165) is 17.5 Å². The monoisotopic (exact) mass is 284 g/mol. The predicted molar refractivity (Wildman–Crippen MR) is 82.9 cm³/mol. The summed E-state index contributed by atoms with van der Waals surface area (Å²) in [5, 5.41) is 12.3. The van der Waals surface area contributed by atoms with Crippen LogP contribution >= 0.6 is 0 Å². The smallest absolute Gasteiger partial charge is 0.251 e. The minimum Gasteiger partial charge on any atom is -0.394 e. The number of carbonyl (C=O) groups excluding carboxylic acids is 1. The molecule has 0 aliphatic carbocycles. The Balaban J connectivity index is 2.05. The lowest BCUT2D eigenvalue weighted by molar-refractivity contribution is 0.0916. The molecule has 0 saturated heterocycles. The van der Waals surface area contributed by atoms with E-state index in [1.165, 1.54) is 0 Å². The zero-order valence-corrected chi connectivity index (χ0v) is 11.8. The Kier molecular flexibility index (Phi) is 5.49. The first-order valence-corrected chi connectivity index (χ1v) is 7.00. The summed E-state index contributed by atoms with van der Waals surface area (Å²) >= 11 is 0. The molecule has 4 N–H and O–H groups in total. The second-order valence-corrected chi connectivity index (χ2v) is 4.85. The van der Waals surface area contributed by atoms with E-state index in [9.17, 15) is 9.90 Å². The molecule has 0 saturated carbocycles. The van der Waals surface area contributed by atoms with Gasteiger partial charge in [-0.2, -0.15) is 0 Å². The van der Waals surface area contributed by atoms with E-state index in [0.29, 0.717) is 12.1 Å². The van der Waals surface area contributed by atoms with E-state index in [1.54, 1.807) is 12.1 Å². The van der Waals surface area contributed by atoms with Crippen LogP contribution in [0.25, 0.3) is 0 Å². The first-order chi connectivity index (χ1) is 10.2. The number of hydrogen-bond donors (Lipinski definition) is 3. The van der Waals surface area contributed by atoms with Crippen molar-refractivity contribution in [2.24, 2.45) is 5.73 Å². The number of nitrogens with one attached hydrogen (secondary N) is 1. The van der Waals surface area contributed by atoms with Crippen molar-refractivity contribution < 1.29 is 9.90 Å². The number of carbonyl (C=O) groups is 1. The normalized spacial score (nSPS) is 11.9. The number of benzene rings is 2. The third kappa shape index (κ3) is 4.15. The second-order valence-electron chi connectivity index (χ2n) is 4.85. The minimum absolute atomic E-state index is 0.138. The van der Waals surface area contributed by atoms with Crippen LogP contribution in [-0.4, -0.2) is 24.2 Å². The molecule has 4 heteroatoms. The molecule has 0 unspecified atom stereocenters. The van der Waals surface area contributed by atoms with Crippen molar-refractivity contribution in [3.63, 3.8) is 0 Å². The molecule has 2 aromatic rings. The fourth-order valence-electron chi connectivity index (χ4n) is 2.15. The van der Waals surface area contributed by atoms with Gasteiger partial charge in [0.2, 0.25) is 0 Å². The highest BCUT2D eigenvalue weighted by Crippen LogP contribution is 2.13. The van der Waals surface area contributed by atoms with Crippen LogP contribution in [0.2, 0.25) is 0 Å². The molecule has 0 aromatic heterocycles. The number of aliphatic hydroxyl groups excluding tert-OH is 1. The maximum atomic E-state index is 12.2. The third-order valence-electron chi connectivity index (χ3n) is 3.34. The summed E-state index contributed by atoms with van der Waals surface area (Å²) in [6.07, 6.45) is 0.797. The summed E-state index contributed by atoms with van der Waals surface area (Å²) < 4.78 is 0. The van der Waals surface area contributed by atoms with Crippen molar-refractivity contribution in [1.82, 2.24) is 5.32 Å². The molecule has 0 heterocycles. The molecule has 0 radical (unpaired) electrons. The average Bonchev–Trinajstić information content (AvgIpc) is 2.54. The first-order valence-electron chi connectivity index (χ1n) is 7.00. The Morgan fingerprint density at radius 3 is 2.33 bits per heavy atom. The van der Waals surface area contributed by atoms with Gasteiger partial charge < -0.3 is 16.2 Å². The highest BCUT2D eigenvalue weighted by molar-refractivity contribution is 5.94. The summed E-state index contributed by atoms with van der Waals surface area (Å²) in [5.74, 6) is -0.197. The predicted octanol–water partition coefficient (Wildman–Crippen LogP) is 1.65. The molecule has 1 amide bonds. The summed E-state index contributed by atoms with van der Waals surface area (Å²) in [6.45, 7) is 0.452. The molecule has 0 bridgehead atoms. The first kappa shape index (κ1) is 15.2. The van der Waals surface area contributed by atoms with E-state index in [1.807, 2.05) is 42.5 Å². The minimum atomic E-state index is -0.401. The van der Waals surface area contributed by atoms with Gasteiger partial charge >= 0.3 is 0 Å². The topological polar surface area (TPSA) is 75.4 Å². The fourth-order valence-corrected chi connectivity index (χ4v) is 2.15. The van der Waals surface area contributed by atoms with Crippen LogP contribution in [0, 0.1) is 0 Å². The van der Waals surface area contributed by atoms with Crippen LogP contribution in [-0.2, 0) is 6.42 Å². The van der Waals surface area contributed by atoms with Crippen molar-refractivity contribution in [3.05, 3.63) is 71.3 Å². The van der Waals surface area contributed by atoms with Gasteiger partial charge in [0.1, 0.15) is 0 Å². The van der Waals surface area contributed by atoms with Gasteiger partial charge in [0, 0.05) is 5.56 Å². The van der Waals surface area contributed by atoms with Crippen LogP contribution < -0.4 is 11.1 Å². The molecule has 2 rings (SSSR count). The van der Waals surface area contributed by atoms with E-state index < -0.39 is 6.04 Å². The largest absolute Gasteiger partial charge is 0.394 e. The van der Waals surface area contributed by atoms with Crippen molar-refractivity contribution >= 4 is 5.91 Å². The molecule has 0 aliphatic rings. The summed E-state index contributed by atoms with van der Waals surface area (Å²) in [6, 6.07) is 16.4. The highest BCUT2D eigenvalue weighted by Gasteiger charge is 2.14. The Hall–Kier alpha value is -2.17.